The van der Waals surface area contributed by atoms with Gasteiger partial charge in [-0.2, -0.15) is 0 Å². The summed E-state index contributed by atoms with van der Waals surface area (Å²) < 4.78 is 5.60. The molecule has 1 atom stereocenters. The van der Waals surface area contributed by atoms with E-state index in [1.54, 1.807) is 0 Å². The van der Waals surface area contributed by atoms with E-state index in [1.807, 2.05) is 31.2 Å². The molecule has 0 heterocycles. The van der Waals surface area contributed by atoms with Crippen molar-refractivity contribution in [3.63, 3.8) is 0 Å². The highest BCUT2D eigenvalue weighted by molar-refractivity contribution is 5.40. The van der Waals surface area contributed by atoms with Gasteiger partial charge in [0.15, 0.2) is 0 Å². The topological polar surface area (TPSA) is 35.2 Å². The predicted octanol–water partition coefficient (Wildman–Crippen LogP) is 4.01. The predicted molar refractivity (Wildman–Crippen MR) is 84.0 cm³/mol. The first-order valence-electron chi connectivity index (χ1n) is 7.13. The van der Waals surface area contributed by atoms with E-state index in [0.717, 1.165) is 29.9 Å². The van der Waals surface area contributed by atoms with Gasteiger partial charge in [-0.15, -0.1) is 0 Å². The summed E-state index contributed by atoms with van der Waals surface area (Å²) in [7, 11) is 0. The van der Waals surface area contributed by atoms with E-state index in [0.29, 0.717) is 0 Å². The van der Waals surface area contributed by atoms with E-state index in [4.69, 9.17) is 10.5 Å². The Bertz CT molecular complexity index is 541. The van der Waals surface area contributed by atoms with Crippen LogP contribution in [0.4, 0.5) is 0 Å². The summed E-state index contributed by atoms with van der Waals surface area (Å²) in [6.45, 7) is 6.97. The maximum Gasteiger partial charge on any atom is 0.119 e. The van der Waals surface area contributed by atoms with E-state index in [-0.39, 0.29) is 0 Å². The van der Waals surface area contributed by atoms with Crippen molar-refractivity contribution >= 4 is 0 Å². The molecular weight excluding hydrogens is 246 g/mol. The van der Waals surface area contributed by atoms with Gasteiger partial charge in [-0.25, -0.2) is 0 Å². The number of benzene rings is 2. The SMILES string of the molecule is CCCOc1ccc(C(C)(N)c2ccc(C)cc2)cc1. The monoisotopic (exact) mass is 269 g/mol. The molecule has 2 rings (SSSR count). The van der Waals surface area contributed by atoms with Gasteiger partial charge >= 0.3 is 0 Å². The lowest BCUT2D eigenvalue weighted by molar-refractivity contribution is 0.317. The minimum Gasteiger partial charge on any atom is -0.494 e. The van der Waals surface area contributed by atoms with Crippen LogP contribution < -0.4 is 10.5 Å². The quantitative estimate of drug-likeness (QED) is 0.890. The zero-order valence-corrected chi connectivity index (χ0v) is 12.5. The van der Waals surface area contributed by atoms with Crippen LogP contribution in [0.15, 0.2) is 48.5 Å². The first kappa shape index (κ1) is 14.6. The molecule has 0 amide bonds. The van der Waals surface area contributed by atoms with Gasteiger partial charge in [0, 0.05) is 0 Å². The van der Waals surface area contributed by atoms with Gasteiger partial charge in [0.1, 0.15) is 5.75 Å². The fraction of sp³-hybridized carbons (Fsp3) is 0.333. The highest BCUT2D eigenvalue weighted by Crippen LogP contribution is 2.28. The number of hydrogen-bond donors (Lipinski definition) is 1. The van der Waals surface area contributed by atoms with Gasteiger partial charge in [-0.1, -0.05) is 48.9 Å². The van der Waals surface area contributed by atoms with Gasteiger partial charge in [0.05, 0.1) is 12.1 Å². The lowest BCUT2D eigenvalue weighted by Gasteiger charge is -2.26. The van der Waals surface area contributed by atoms with Crippen LogP contribution in [-0.4, -0.2) is 6.61 Å². The molecule has 0 spiro atoms. The zero-order chi connectivity index (χ0) is 14.6. The summed E-state index contributed by atoms with van der Waals surface area (Å²) in [6.07, 6.45) is 1.01. The van der Waals surface area contributed by atoms with Crippen molar-refractivity contribution < 1.29 is 4.74 Å². The third-order valence-electron chi connectivity index (χ3n) is 3.58. The van der Waals surface area contributed by atoms with Gasteiger partial charge in [0.2, 0.25) is 0 Å². The third-order valence-corrected chi connectivity index (χ3v) is 3.58. The Kier molecular flexibility index (Phi) is 4.46. The van der Waals surface area contributed by atoms with Crippen LogP contribution in [0.3, 0.4) is 0 Å². The number of rotatable bonds is 5. The molecule has 106 valence electrons. The molecule has 20 heavy (non-hydrogen) atoms. The molecule has 0 aromatic heterocycles. The molecule has 2 heteroatoms. The maximum atomic E-state index is 6.52. The Morgan fingerprint density at radius 3 is 1.95 bits per heavy atom. The van der Waals surface area contributed by atoms with Gasteiger partial charge in [-0.05, 0) is 43.5 Å². The first-order valence-corrected chi connectivity index (χ1v) is 7.13. The number of hydrogen-bond acceptors (Lipinski definition) is 2. The molecule has 0 aliphatic rings. The Hall–Kier alpha value is -1.80. The second-order valence-electron chi connectivity index (χ2n) is 5.44. The molecule has 0 radical (unpaired) electrons. The minimum atomic E-state index is -0.489. The van der Waals surface area contributed by atoms with Crippen molar-refractivity contribution in [2.45, 2.75) is 32.7 Å². The third kappa shape index (κ3) is 3.20. The van der Waals surface area contributed by atoms with Gasteiger partial charge in [-0.3, -0.25) is 0 Å². The second kappa shape index (κ2) is 6.10. The summed E-state index contributed by atoms with van der Waals surface area (Å²) in [5.74, 6) is 0.898. The number of aryl methyl sites for hydroxylation is 1. The lowest BCUT2D eigenvalue weighted by atomic mass is 9.85. The maximum absolute atomic E-state index is 6.52. The number of ether oxygens (including phenoxy) is 1. The molecule has 0 saturated carbocycles. The summed E-state index contributed by atoms with van der Waals surface area (Å²) in [5.41, 5.74) is 9.48. The van der Waals surface area contributed by atoms with E-state index in [2.05, 4.69) is 38.1 Å². The van der Waals surface area contributed by atoms with Crippen molar-refractivity contribution in [3.8, 4) is 5.75 Å². The van der Waals surface area contributed by atoms with Crippen LogP contribution in [0.25, 0.3) is 0 Å². The van der Waals surface area contributed by atoms with Crippen molar-refractivity contribution in [2.24, 2.45) is 5.73 Å². The van der Waals surface area contributed by atoms with Crippen LogP contribution >= 0.6 is 0 Å². The minimum absolute atomic E-state index is 0.489. The van der Waals surface area contributed by atoms with Crippen molar-refractivity contribution in [2.75, 3.05) is 6.61 Å². The Morgan fingerprint density at radius 1 is 0.950 bits per heavy atom. The van der Waals surface area contributed by atoms with Crippen molar-refractivity contribution in [3.05, 3.63) is 65.2 Å². The average Bonchev–Trinajstić information content (AvgIpc) is 2.46. The highest BCUT2D eigenvalue weighted by Gasteiger charge is 2.23. The molecule has 2 nitrogen and oxygen atoms in total. The van der Waals surface area contributed by atoms with Crippen LogP contribution in [-0.2, 0) is 5.54 Å². The van der Waals surface area contributed by atoms with Crippen LogP contribution in [0.1, 0.15) is 37.0 Å². The average molecular weight is 269 g/mol. The first-order chi connectivity index (χ1) is 9.54. The lowest BCUT2D eigenvalue weighted by Crippen LogP contribution is -2.34. The molecule has 0 aliphatic heterocycles. The van der Waals surface area contributed by atoms with Crippen molar-refractivity contribution in [1.82, 2.24) is 0 Å². The molecule has 2 N–H and O–H groups in total. The number of nitrogens with two attached hydrogens (primary N) is 1. The summed E-state index contributed by atoms with van der Waals surface area (Å²) in [6, 6.07) is 16.5. The summed E-state index contributed by atoms with van der Waals surface area (Å²) in [5, 5.41) is 0. The van der Waals surface area contributed by atoms with E-state index < -0.39 is 5.54 Å². The van der Waals surface area contributed by atoms with E-state index in [9.17, 15) is 0 Å². The fourth-order valence-corrected chi connectivity index (χ4v) is 2.18. The highest BCUT2D eigenvalue weighted by atomic mass is 16.5. The van der Waals surface area contributed by atoms with Crippen LogP contribution in [0.5, 0.6) is 5.75 Å². The van der Waals surface area contributed by atoms with Gasteiger partial charge < -0.3 is 10.5 Å². The molecule has 2 aromatic rings. The molecular formula is C18H23NO. The molecule has 0 bridgehead atoms. The molecule has 2 aromatic carbocycles. The standard InChI is InChI=1S/C18H23NO/c1-4-13-20-17-11-9-16(10-12-17)18(3,19)15-7-5-14(2)6-8-15/h5-12H,4,13,19H2,1-3H3. The molecule has 0 aliphatic carbocycles. The van der Waals surface area contributed by atoms with Gasteiger partial charge in [0.25, 0.3) is 0 Å². The Morgan fingerprint density at radius 2 is 1.45 bits per heavy atom. The molecule has 0 fully saturated rings. The zero-order valence-electron chi connectivity index (χ0n) is 12.5. The van der Waals surface area contributed by atoms with E-state index in [1.165, 1.54) is 5.56 Å². The second-order valence-corrected chi connectivity index (χ2v) is 5.44. The van der Waals surface area contributed by atoms with Crippen molar-refractivity contribution in [1.29, 1.82) is 0 Å². The summed E-state index contributed by atoms with van der Waals surface area (Å²) in [4.78, 5) is 0. The Balaban J connectivity index is 2.22. The Labute approximate surface area is 121 Å². The normalized spacial score (nSPS) is 13.8. The largest absolute Gasteiger partial charge is 0.494 e. The molecule has 0 saturated heterocycles. The smallest absolute Gasteiger partial charge is 0.119 e. The molecule has 1 unspecified atom stereocenters. The fourth-order valence-electron chi connectivity index (χ4n) is 2.18. The van der Waals surface area contributed by atoms with Crippen LogP contribution in [0, 0.1) is 6.92 Å². The van der Waals surface area contributed by atoms with Crippen LogP contribution in [0.2, 0.25) is 0 Å². The van der Waals surface area contributed by atoms with E-state index >= 15 is 0 Å². The summed E-state index contributed by atoms with van der Waals surface area (Å²) >= 11 is 0.